The molecule has 0 bridgehead atoms. The number of pyridine rings is 1. The Labute approximate surface area is 244 Å². The quantitative estimate of drug-likeness (QED) is 0.324. The Kier molecular flexibility index (Phi) is 9.60. The van der Waals surface area contributed by atoms with Crippen LogP contribution in [-0.2, 0) is 30.5 Å². The van der Waals surface area contributed by atoms with E-state index in [0.29, 0.717) is 5.75 Å². The Morgan fingerprint density at radius 3 is 2.48 bits per heavy atom. The molecule has 0 aliphatic carbocycles. The molecule has 2 aliphatic heterocycles. The second-order valence-corrected chi connectivity index (χ2v) is 13.0. The van der Waals surface area contributed by atoms with Crippen LogP contribution >= 0.6 is 0 Å². The number of hydrogen-bond donors (Lipinski definition) is 2. The van der Waals surface area contributed by atoms with E-state index < -0.39 is 75.3 Å². The smallest absolute Gasteiger partial charge is 0.331 e. The number of urea groups is 1. The lowest BCUT2D eigenvalue weighted by Gasteiger charge is -2.37. The topological polar surface area (TPSA) is 150 Å². The normalized spacial score (nSPS) is 20.6. The average molecular weight is 607 g/mol. The number of barbiturate groups is 1. The fraction of sp³-hybridized carbons (Fsp3) is 0.464. The molecule has 0 spiro atoms. The first-order valence-electron chi connectivity index (χ1n) is 13.3. The van der Waals surface area contributed by atoms with Gasteiger partial charge in [-0.05, 0) is 70.9 Å². The van der Waals surface area contributed by atoms with Crippen LogP contribution in [-0.4, -0.2) is 68.2 Å². The van der Waals surface area contributed by atoms with Crippen molar-refractivity contribution in [3.05, 3.63) is 53.6 Å². The van der Waals surface area contributed by atoms with Crippen LogP contribution in [0.25, 0.3) is 0 Å². The van der Waals surface area contributed by atoms with Gasteiger partial charge < -0.3 is 14.0 Å². The molecular formula is C28H32F2N4O7S. The molecule has 11 nitrogen and oxygen atoms in total. The lowest BCUT2D eigenvalue weighted by atomic mass is 9.89. The number of aromatic nitrogens is 1. The average Bonchev–Trinajstić information content (AvgIpc) is 2.93. The molecule has 2 fully saturated rings. The summed E-state index contributed by atoms with van der Waals surface area (Å²) in [6.07, 6.45) is -0.748. The number of carbonyl (C=O) groups is 4. The highest BCUT2D eigenvalue weighted by Gasteiger charge is 2.51. The van der Waals surface area contributed by atoms with Crippen LogP contribution in [0.4, 0.5) is 13.6 Å². The van der Waals surface area contributed by atoms with Crippen molar-refractivity contribution in [3.63, 3.8) is 0 Å². The van der Waals surface area contributed by atoms with Gasteiger partial charge in [0, 0.05) is 41.9 Å². The van der Waals surface area contributed by atoms with Crippen LogP contribution in [0.15, 0.2) is 36.5 Å². The van der Waals surface area contributed by atoms with Crippen molar-refractivity contribution in [2.24, 2.45) is 5.92 Å². The van der Waals surface area contributed by atoms with Crippen molar-refractivity contribution in [3.8, 4) is 11.5 Å². The van der Waals surface area contributed by atoms with Crippen LogP contribution < -0.4 is 14.8 Å². The summed E-state index contributed by atoms with van der Waals surface area (Å²) in [6.45, 7) is 7.02. The highest BCUT2D eigenvalue weighted by Crippen LogP contribution is 2.33. The first kappa shape index (κ1) is 31.5. The number of nitrogens with one attached hydrogen (secondary N) is 2. The van der Waals surface area contributed by atoms with Crippen LogP contribution in [0, 0.1) is 18.7 Å². The molecule has 1 aromatic carbocycles. The Bertz CT molecular complexity index is 1350. The van der Waals surface area contributed by atoms with Gasteiger partial charge in [-0.2, -0.15) is 0 Å². The number of nitrogens with zero attached hydrogens (tertiary/aromatic N) is 2. The van der Waals surface area contributed by atoms with Crippen LogP contribution in [0.2, 0.25) is 0 Å². The number of halogens is 2. The Balaban J connectivity index is 1.67. The maximum atomic E-state index is 16.3. The Hall–Kier alpha value is -3.46. The van der Waals surface area contributed by atoms with Crippen LogP contribution in [0.3, 0.4) is 0 Å². The fourth-order valence-corrected chi connectivity index (χ4v) is 5.33. The molecule has 42 heavy (non-hydrogen) atoms. The molecule has 2 N–H and O–H groups in total. The molecule has 2 aliphatic rings. The summed E-state index contributed by atoms with van der Waals surface area (Å²) in [7, 11) is 0. The van der Waals surface area contributed by atoms with E-state index in [1.165, 1.54) is 12.3 Å². The number of Topliss-reactive ketones (excluding diaryl/α,β-unsaturated/α-hetero) is 1. The molecule has 2 aromatic rings. The van der Waals surface area contributed by atoms with Crippen molar-refractivity contribution < 1.29 is 42.0 Å². The summed E-state index contributed by atoms with van der Waals surface area (Å²) in [5, 5.41) is 1.96. The molecular weight excluding hydrogens is 574 g/mol. The van der Waals surface area contributed by atoms with E-state index >= 15 is 8.78 Å². The van der Waals surface area contributed by atoms with Crippen molar-refractivity contribution in [1.82, 2.24) is 19.9 Å². The highest BCUT2D eigenvalue weighted by molar-refractivity contribution is 7.90. The number of imide groups is 2. The summed E-state index contributed by atoms with van der Waals surface area (Å²) >= 11 is -2.02. The molecule has 1 unspecified atom stereocenters. The van der Waals surface area contributed by atoms with Gasteiger partial charge in [-0.25, -0.2) is 13.6 Å². The number of alkyl halides is 1. The standard InChI is InChI=1S/C28H32F2N4O7S/c1-15-5-6-18(14-31-15)41-17-7-8-20(29)19(13-17)23(33-42(39)28(2,3)4)22(30)24(35)21-25(36)32-27(38)34(26(21)37)16-9-11-40-12-10-16/h5-8,13-14,16,21-23,33H,9-12H2,1-4H3,(H,32,36,38)/t21?,22-,23+,42-/m1/s1. The predicted molar refractivity (Wildman–Crippen MR) is 147 cm³/mol. The lowest BCUT2D eigenvalue weighted by Crippen LogP contribution is -2.64. The van der Waals surface area contributed by atoms with Gasteiger partial charge in [0.15, 0.2) is 17.9 Å². The number of amides is 4. The molecule has 226 valence electrons. The van der Waals surface area contributed by atoms with Gasteiger partial charge in [0.25, 0.3) is 5.91 Å². The second-order valence-electron chi connectivity index (χ2n) is 11.0. The third-order valence-electron chi connectivity index (χ3n) is 6.81. The van der Waals surface area contributed by atoms with Crippen LogP contribution in [0.5, 0.6) is 11.5 Å². The number of ether oxygens (including phenoxy) is 2. The molecule has 4 amide bonds. The monoisotopic (exact) mass is 606 g/mol. The van der Waals surface area contributed by atoms with E-state index in [9.17, 15) is 23.7 Å². The first-order valence-corrected chi connectivity index (χ1v) is 14.4. The van der Waals surface area contributed by atoms with Gasteiger partial charge >= 0.3 is 6.03 Å². The maximum Gasteiger partial charge on any atom is 0.331 e. The first-order chi connectivity index (χ1) is 19.8. The number of carbonyl (C=O) groups excluding carboxylic acids is 4. The minimum Gasteiger partial charge on any atom is -0.598 e. The van der Waals surface area contributed by atoms with Crippen molar-refractivity contribution in [1.29, 1.82) is 0 Å². The van der Waals surface area contributed by atoms with E-state index in [1.54, 1.807) is 39.8 Å². The van der Waals surface area contributed by atoms with E-state index in [1.807, 2.05) is 5.32 Å². The highest BCUT2D eigenvalue weighted by atomic mass is 32.2. The summed E-state index contributed by atoms with van der Waals surface area (Å²) < 4.78 is 57.0. The van der Waals surface area contributed by atoms with Crippen molar-refractivity contribution >= 4 is 35.0 Å². The summed E-state index contributed by atoms with van der Waals surface area (Å²) in [4.78, 5) is 56.9. The zero-order valence-corrected chi connectivity index (χ0v) is 24.3. The molecule has 0 saturated carbocycles. The fourth-order valence-electron chi connectivity index (χ4n) is 4.50. The largest absolute Gasteiger partial charge is 0.598 e. The molecule has 14 heteroatoms. The minimum absolute atomic E-state index is 0.0628. The van der Waals surface area contributed by atoms with E-state index in [4.69, 9.17) is 9.47 Å². The molecule has 4 atom stereocenters. The SMILES string of the molecule is Cc1ccc(Oc2ccc(F)c([C@H](N[S@+]([O-])C(C)(C)C)[C@@H](F)C(=O)C3C(=O)NC(=O)N(C4CCOCC4)C3=O)c2)cn1. The third kappa shape index (κ3) is 6.94. The summed E-state index contributed by atoms with van der Waals surface area (Å²) in [5.74, 6) is -6.79. The van der Waals surface area contributed by atoms with Gasteiger partial charge in [0.05, 0.1) is 6.20 Å². The van der Waals surface area contributed by atoms with E-state index in [0.717, 1.165) is 22.7 Å². The molecule has 4 rings (SSSR count). The zero-order chi connectivity index (χ0) is 30.8. The van der Waals surface area contributed by atoms with Gasteiger partial charge in [-0.1, -0.05) is 0 Å². The van der Waals surface area contributed by atoms with Gasteiger partial charge in [0.2, 0.25) is 5.91 Å². The number of ketones is 1. The number of hydrogen-bond acceptors (Lipinski definition) is 9. The Morgan fingerprint density at radius 2 is 1.86 bits per heavy atom. The number of rotatable bonds is 9. The summed E-state index contributed by atoms with van der Waals surface area (Å²) in [5.41, 5.74) is 0.306. The lowest BCUT2D eigenvalue weighted by molar-refractivity contribution is -0.151. The van der Waals surface area contributed by atoms with Gasteiger partial charge in [-0.15, -0.1) is 4.72 Å². The van der Waals surface area contributed by atoms with Crippen molar-refractivity contribution in [2.45, 2.75) is 63.5 Å². The van der Waals surface area contributed by atoms with Gasteiger partial charge in [0.1, 0.15) is 28.1 Å². The van der Waals surface area contributed by atoms with Crippen LogP contribution in [0.1, 0.15) is 50.9 Å². The van der Waals surface area contributed by atoms with Gasteiger partial charge in [-0.3, -0.25) is 29.6 Å². The molecule has 3 heterocycles. The van der Waals surface area contributed by atoms with E-state index in [2.05, 4.69) is 9.71 Å². The molecule has 0 radical (unpaired) electrons. The Morgan fingerprint density at radius 1 is 1.19 bits per heavy atom. The third-order valence-corrected chi connectivity index (χ3v) is 8.39. The van der Waals surface area contributed by atoms with Crippen molar-refractivity contribution in [2.75, 3.05) is 13.2 Å². The predicted octanol–water partition coefficient (Wildman–Crippen LogP) is 3.20. The summed E-state index contributed by atoms with van der Waals surface area (Å²) in [6, 6.07) is 3.14. The maximum absolute atomic E-state index is 16.3. The molecule has 1 aromatic heterocycles. The number of aryl methyl sites for hydroxylation is 1. The zero-order valence-electron chi connectivity index (χ0n) is 23.5. The number of benzene rings is 1. The van der Waals surface area contributed by atoms with E-state index in [-0.39, 0.29) is 31.8 Å². The second kappa shape index (κ2) is 12.8. The minimum atomic E-state index is -2.73. The molecule has 2 saturated heterocycles.